The van der Waals surface area contributed by atoms with Gasteiger partial charge in [-0.2, -0.15) is 0 Å². The highest BCUT2D eigenvalue weighted by atomic mass is 19.1. The van der Waals surface area contributed by atoms with Crippen LogP contribution in [0.1, 0.15) is 44.7 Å². The monoisotopic (exact) mass is 278 g/mol. The molecule has 2 aliphatic heterocycles. The normalized spacial score (nSPS) is 31.9. The second-order valence-electron chi connectivity index (χ2n) is 6.38. The molecule has 4 heteroatoms. The molecule has 2 nitrogen and oxygen atoms in total. The Morgan fingerprint density at radius 2 is 2.00 bits per heavy atom. The van der Waals surface area contributed by atoms with E-state index < -0.39 is 11.6 Å². The van der Waals surface area contributed by atoms with E-state index in [-0.39, 0.29) is 11.0 Å². The molecule has 2 heterocycles. The van der Waals surface area contributed by atoms with Gasteiger partial charge in [-0.15, -0.1) is 0 Å². The lowest BCUT2D eigenvalue weighted by Gasteiger charge is -2.52. The highest BCUT2D eigenvalue weighted by molar-refractivity contribution is 6.02. The third-order valence-electron chi connectivity index (χ3n) is 5.42. The van der Waals surface area contributed by atoms with Crippen molar-refractivity contribution in [3.63, 3.8) is 0 Å². The van der Waals surface area contributed by atoms with Crippen LogP contribution in [0.4, 0.5) is 8.78 Å². The van der Waals surface area contributed by atoms with Crippen molar-refractivity contribution in [1.82, 2.24) is 4.90 Å². The molecule has 1 aromatic carbocycles. The van der Waals surface area contributed by atoms with Crippen molar-refractivity contribution >= 4 is 5.84 Å². The molecule has 0 aromatic heterocycles. The van der Waals surface area contributed by atoms with Gasteiger partial charge in [0.25, 0.3) is 0 Å². The van der Waals surface area contributed by atoms with Crippen LogP contribution >= 0.6 is 0 Å². The average molecular weight is 278 g/mol. The van der Waals surface area contributed by atoms with Crippen LogP contribution in [0.2, 0.25) is 0 Å². The minimum atomic E-state index is -0.507. The minimum Gasteiger partial charge on any atom is -0.359 e. The highest BCUT2D eigenvalue weighted by Gasteiger charge is 2.52. The Hall–Kier alpha value is -1.45. The molecule has 2 bridgehead atoms. The number of fused-ring (bicyclic) bond motifs is 3. The summed E-state index contributed by atoms with van der Waals surface area (Å²) in [6.07, 6.45) is 1.70. The predicted octanol–water partition coefficient (Wildman–Crippen LogP) is 3.49. The lowest BCUT2D eigenvalue weighted by Crippen LogP contribution is -2.57. The van der Waals surface area contributed by atoms with Crippen molar-refractivity contribution in [3.8, 4) is 0 Å². The number of hydrogen-bond donors (Lipinski definition) is 0. The maximum atomic E-state index is 14.4. The Balaban J connectivity index is 2.37. The second-order valence-corrected chi connectivity index (χ2v) is 6.38. The van der Waals surface area contributed by atoms with Gasteiger partial charge in [-0.25, -0.2) is 8.78 Å². The van der Waals surface area contributed by atoms with Gasteiger partial charge in [0.2, 0.25) is 0 Å². The fraction of sp³-hybridized carbons (Fsp3) is 0.562. The molecule has 1 unspecified atom stereocenters. The molecule has 108 valence electrons. The second kappa shape index (κ2) is 4.03. The van der Waals surface area contributed by atoms with Crippen molar-refractivity contribution < 1.29 is 8.78 Å². The molecule has 0 N–H and O–H groups in total. The zero-order valence-corrected chi connectivity index (χ0v) is 12.4. The van der Waals surface area contributed by atoms with Crippen LogP contribution in [0.25, 0.3) is 0 Å². The molecule has 0 saturated carbocycles. The standard InChI is InChI=1S/C16H20F2N2/c1-5-15(2)11-8-10(17)9-12(18)13(11)14-19-16(15,3)6-7-20(14)4/h8-9H,5-7H2,1-4H3/t15?,16-/m1/s1. The summed E-state index contributed by atoms with van der Waals surface area (Å²) in [5.41, 5.74) is 0.610. The molecule has 0 saturated heterocycles. The number of benzene rings is 1. The first-order chi connectivity index (χ1) is 9.32. The maximum absolute atomic E-state index is 14.4. The van der Waals surface area contributed by atoms with E-state index >= 15 is 0 Å². The van der Waals surface area contributed by atoms with E-state index in [1.807, 2.05) is 11.9 Å². The molecule has 0 radical (unpaired) electrons. The first kappa shape index (κ1) is 13.5. The lowest BCUT2D eigenvalue weighted by molar-refractivity contribution is 0.193. The Bertz CT molecular complexity index is 611. The quantitative estimate of drug-likeness (QED) is 0.768. The van der Waals surface area contributed by atoms with E-state index in [0.29, 0.717) is 11.4 Å². The fourth-order valence-corrected chi connectivity index (χ4v) is 3.61. The van der Waals surface area contributed by atoms with Gasteiger partial charge in [-0.3, -0.25) is 4.99 Å². The lowest BCUT2D eigenvalue weighted by atomic mass is 9.61. The van der Waals surface area contributed by atoms with Gasteiger partial charge in [0, 0.05) is 25.1 Å². The van der Waals surface area contributed by atoms with Crippen LogP contribution in [0, 0.1) is 11.6 Å². The van der Waals surface area contributed by atoms with E-state index in [4.69, 9.17) is 4.99 Å². The van der Waals surface area contributed by atoms with Crippen LogP contribution in [-0.2, 0) is 5.41 Å². The van der Waals surface area contributed by atoms with Gasteiger partial charge in [0.1, 0.15) is 17.5 Å². The Morgan fingerprint density at radius 1 is 1.30 bits per heavy atom. The summed E-state index contributed by atoms with van der Waals surface area (Å²) in [7, 11) is 1.92. The summed E-state index contributed by atoms with van der Waals surface area (Å²) in [5.74, 6) is -0.348. The van der Waals surface area contributed by atoms with E-state index in [2.05, 4.69) is 20.8 Å². The molecule has 20 heavy (non-hydrogen) atoms. The van der Waals surface area contributed by atoms with Crippen molar-refractivity contribution in [1.29, 1.82) is 0 Å². The molecule has 0 spiro atoms. The third-order valence-corrected chi connectivity index (χ3v) is 5.42. The van der Waals surface area contributed by atoms with Gasteiger partial charge < -0.3 is 4.90 Å². The van der Waals surface area contributed by atoms with E-state index in [0.717, 1.165) is 31.0 Å². The zero-order chi connectivity index (χ0) is 14.7. The van der Waals surface area contributed by atoms with Crippen LogP contribution in [0.3, 0.4) is 0 Å². The molecule has 0 fully saturated rings. The number of amidine groups is 1. The summed E-state index contributed by atoms with van der Waals surface area (Å²) < 4.78 is 28.1. The number of hydrogen-bond acceptors (Lipinski definition) is 2. The molecular formula is C16H20F2N2. The fourth-order valence-electron chi connectivity index (χ4n) is 3.61. The van der Waals surface area contributed by atoms with Crippen molar-refractivity contribution in [2.45, 2.75) is 44.6 Å². The van der Waals surface area contributed by atoms with Gasteiger partial charge >= 0.3 is 0 Å². The van der Waals surface area contributed by atoms with Crippen LogP contribution in [0.15, 0.2) is 17.1 Å². The molecule has 2 atom stereocenters. The molecule has 3 rings (SSSR count). The molecule has 0 aliphatic carbocycles. The Kier molecular flexibility index (Phi) is 2.72. The topological polar surface area (TPSA) is 15.6 Å². The smallest absolute Gasteiger partial charge is 0.137 e. The number of rotatable bonds is 1. The minimum absolute atomic E-state index is 0.295. The van der Waals surface area contributed by atoms with Crippen LogP contribution in [-0.4, -0.2) is 29.9 Å². The van der Waals surface area contributed by atoms with Gasteiger partial charge in [-0.1, -0.05) is 13.8 Å². The van der Waals surface area contributed by atoms with Gasteiger partial charge in [-0.05, 0) is 31.4 Å². The molecule has 2 aliphatic rings. The number of halogens is 2. The first-order valence-corrected chi connectivity index (χ1v) is 7.13. The predicted molar refractivity (Wildman–Crippen MR) is 76.2 cm³/mol. The SMILES string of the molecule is CCC1(C)c2cc(F)cc(F)c2C2=N[C@]1(C)CCN2C. The van der Waals surface area contributed by atoms with E-state index in [9.17, 15) is 8.78 Å². The number of aliphatic imine (C=N–C) groups is 1. The third kappa shape index (κ3) is 1.51. The van der Waals surface area contributed by atoms with Crippen molar-refractivity contribution in [3.05, 3.63) is 34.9 Å². The molecule has 1 aromatic rings. The highest BCUT2D eigenvalue weighted by Crippen LogP contribution is 2.50. The first-order valence-electron chi connectivity index (χ1n) is 7.13. The average Bonchev–Trinajstić information content (AvgIpc) is 2.39. The number of nitrogens with zero attached hydrogens (tertiary/aromatic N) is 2. The van der Waals surface area contributed by atoms with E-state index in [1.54, 1.807) is 0 Å². The molecule has 0 amide bonds. The maximum Gasteiger partial charge on any atom is 0.137 e. The Morgan fingerprint density at radius 3 is 2.65 bits per heavy atom. The Labute approximate surface area is 118 Å². The van der Waals surface area contributed by atoms with Crippen molar-refractivity contribution in [2.75, 3.05) is 13.6 Å². The summed E-state index contributed by atoms with van der Waals surface area (Å²) in [5, 5.41) is 0. The van der Waals surface area contributed by atoms with Gasteiger partial charge in [0.15, 0.2) is 0 Å². The van der Waals surface area contributed by atoms with E-state index in [1.165, 1.54) is 6.07 Å². The summed E-state index contributed by atoms with van der Waals surface area (Å²) in [4.78, 5) is 6.81. The molecular weight excluding hydrogens is 258 g/mol. The van der Waals surface area contributed by atoms with Gasteiger partial charge in [0.05, 0.1) is 11.1 Å². The van der Waals surface area contributed by atoms with Crippen LogP contribution in [0.5, 0.6) is 0 Å². The van der Waals surface area contributed by atoms with Crippen LogP contribution < -0.4 is 0 Å². The summed E-state index contributed by atoms with van der Waals surface area (Å²) in [6.45, 7) is 7.10. The summed E-state index contributed by atoms with van der Waals surface area (Å²) >= 11 is 0. The largest absolute Gasteiger partial charge is 0.359 e. The summed E-state index contributed by atoms with van der Waals surface area (Å²) in [6, 6.07) is 2.45. The van der Waals surface area contributed by atoms with Crippen molar-refractivity contribution in [2.24, 2.45) is 4.99 Å². The zero-order valence-electron chi connectivity index (χ0n) is 12.4.